The summed E-state index contributed by atoms with van der Waals surface area (Å²) >= 11 is 3.59. The lowest BCUT2D eigenvalue weighted by molar-refractivity contribution is 0.590. The van der Waals surface area contributed by atoms with Crippen molar-refractivity contribution >= 4 is 26.8 Å². The Morgan fingerprint density at radius 3 is 2.25 bits per heavy atom. The standard InChI is InChI=1S/C18H18BrN/c1-18(2,3)14-9-7-12(8-10-14)16-11-13-5-4-6-15(19)17(13)20-16/h4-11,20H,1-3H3. The second-order valence-corrected chi connectivity index (χ2v) is 7.07. The minimum Gasteiger partial charge on any atom is -0.354 e. The molecule has 102 valence electrons. The molecule has 1 aromatic heterocycles. The van der Waals surface area contributed by atoms with Gasteiger partial charge >= 0.3 is 0 Å². The third kappa shape index (κ3) is 2.40. The Kier molecular flexibility index (Phi) is 3.21. The molecule has 3 rings (SSSR count). The Morgan fingerprint density at radius 1 is 0.950 bits per heavy atom. The largest absolute Gasteiger partial charge is 0.354 e. The zero-order valence-electron chi connectivity index (χ0n) is 12.0. The summed E-state index contributed by atoms with van der Waals surface area (Å²) in [5.74, 6) is 0. The van der Waals surface area contributed by atoms with Crippen LogP contribution in [-0.4, -0.2) is 4.98 Å². The molecule has 0 bridgehead atoms. The Bertz CT molecular complexity index is 745. The Morgan fingerprint density at radius 2 is 1.65 bits per heavy atom. The average Bonchev–Trinajstić information content (AvgIpc) is 2.83. The molecular weight excluding hydrogens is 310 g/mol. The van der Waals surface area contributed by atoms with Crippen molar-refractivity contribution in [3.63, 3.8) is 0 Å². The SMILES string of the molecule is CC(C)(C)c1ccc(-c2cc3cccc(Br)c3[nH]2)cc1. The summed E-state index contributed by atoms with van der Waals surface area (Å²) in [6.07, 6.45) is 0. The summed E-state index contributed by atoms with van der Waals surface area (Å²) in [6.45, 7) is 6.71. The van der Waals surface area contributed by atoms with E-state index in [-0.39, 0.29) is 5.41 Å². The molecule has 0 saturated heterocycles. The third-order valence-corrected chi connectivity index (χ3v) is 4.33. The first kappa shape index (κ1) is 13.4. The summed E-state index contributed by atoms with van der Waals surface area (Å²) < 4.78 is 1.10. The lowest BCUT2D eigenvalue weighted by Gasteiger charge is -2.19. The molecule has 1 N–H and O–H groups in total. The fourth-order valence-electron chi connectivity index (χ4n) is 2.42. The molecule has 0 radical (unpaired) electrons. The molecule has 0 unspecified atom stereocenters. The van der Waals surface area contributed by atoms with Gasteiger partial charge in [0.1, 0.15) is 0 Å². The van der Waals surface area contributed by atoms with Crippen molar-refractivity contribution in [2.24, 2.45) is 0 Å². The van der Waals surface area contributed by atoms with Crippen LogP contribution in [0.25, 0.3) is 22.2 Å². The number of aromatic nitrogens is 1. The van der Waals surface area contributed by atoms with E-state index < -0.39 is 0 Å². The number of para-hydroxylation sites is 1. The number of halogens is 1. The molecule has 20 heavy (non-hydrogen) atoms. The van der Waals surface area contributed by atoms with Crippen molar-refractivity contribution in [3.05, 3.63) is 58.6 Å². The van der Waals surface area contributed by atoms with Crippen molar-refractivity contribution in [3.8, 4) is 11.3 Å². The lowest BCUT2D eigenvalue weighted by atomic mass is 9.86. The van der Waals surface area contributed by atoms with Gasteiger partial charge in [-0.15, -0.1) is 0 Å². The first-order chi connectivity index (χ1) is 9.45. The fraction of sp³-hybridized carbons (Fsp3) is 0.222. The molecule has 0 atom stereocenters. The summed E-state index contributed by atoms with van der Waals surface area (Å²) in [5, 5.41) is 1.23. The van der Waals surface area contributed by atoms with Gasteiger partial charge in [0.25, 0.3) is 0 Å². The molecule has 0 saturated carbocycles. The molecule has 1 heterocycles. The van der Waals surface area contributed by atoms with E-state index in [1.165, 1.54) is 16.5 Å². The van der Waals surface area contributed by atoms with E-state index >= 15 is 0 Å². The van der Waals surface area contributed by atoms with Crippen LogP contribution in [0.5, 0.6) is 0 Å². The molecule has 0 spiro atoms. The zero-order chi connectivity index (χ0) is 14.3. The number of hydrogen-bond donors (Lipinski definition) is 1. The maximum absolute atomic E-state index is 3.59. The molecule has 1 nitrogen and oxygen atoms in total. The van der Waals surface area contributed by atoms with E-state index in [1.807, 2.05) is 0 Å². The highest BCUT2D eigenvalue weighted by atomic mass is 79.9. The Labute approximate surface area is 128 Å². The van der Waals surface area contributed by atoms with Crippen LogP contribution < -0.4 is 0 Å². The predicted octanol–water partition coefficient (Wildman–Crippen LogP) is 5.89. The maximum atomic E-state index is 3.59. The van der Waals surface area contributed by atoms with Gasteiger partial charge in [0.2, 0.25) is 0 Å². The van der Waals surface area contributed by atoms with Crippen LogP contribution in [0.15, 0.2) is 53.0 Å². The summed E-state index contributed by atoms with van der Waals surface area (Å²) in [6, 6.07) is 17.3. The van der Waals surface area contributed by atoms with Crippen molar-refractivity contribution in [2.75, 3.05) is 0 Å². The number of aromatic amines is 1. The van der Waals surface area contributed by atoms with E-state index in [0.29, 0.717) is 0 Å². The van der Waals surface area contributed by atoms with Gasteiger partial charge in [-0.25, -0.2) is 0 Å². The van der Waals surface area contributed by atoms with E-state index in [2.05, 4.69) is 90.2 Å². The second kappa shape index (κ2) is 4.78. The van der Waals surface area contributed by atoms with Gasteiger partial charge in [0.15, 0.2) is 0 Å². The topological polar surface area (TPSA) is 15.8 Å². The van der Waals surface area contributed by atoms with E-state index in [9.17, 15) is 0 Å². The molecule has 2 aromatic carbocycles. The van der Waals surface area contributed by atoms with Gasteiger partial charge in [-0.05, 0) is 44.6 Å². The minimum atomic E-state index is 0.196. The van der Waals surface area contributed by atoms with Crippen LogP contribution in [0, 0.1) is 0 Å². The first-order valence-corrected chi connectivity index (χ1v) is 7.62. The summed E-state index contributed by atoms with van der Waals surface area (Å²) in [4.78, 5) is 3.49. The molecule has 2 heteroatoms. The number of fused-ring (bicyclic) bond motifs is 1. The van der Waals surface area contributed by atoms with E-state index in [0.717, 1.165) is 15.7 Å². The van der Waals surface area contributed by atoms with Crippen molar-refractivity contribution in [1.82, 2.24) is 4.98 Å². The molecule has 0 aliphatic rings. The molecule has 0 fully saturated rings. The Balaban J connectivity index is 2.05. The van der Waals surface area contributed by atoms with Crippen LogP contribution >= 0.6 is 15.9 Å². The van der Waals surface area contributed by atoms with Crippen molar-refractivity contribution in [2.45, 2.75) is 26.2 Å². The molecule has 3 aromatic rings. The van der Waals surface area contributed by atoms with Gasteiger partial charge in [0.05, 0.1) is 5.52 Å². The lowest BCUT2D eigenvalue weighted by Crippen LogP contribution is -2.10. The summed E-state index contributed by atoms with van der Waals surface area (Å²) in [7, 11) is 0. The van der Waals surface area contributed by atoms with Crippen molar-refractivity contribution in [1.29, 1.82) is 0 Å². The highest BCUT2D eigenvalue weighted by molar-refractivity contribution is 9.10. The van der Waals surface area contributed by atoms with Gasteiger partial charge in [-0.3, -0.25) is 0 Å². The highest BCUT2D eigenvalue weighted by Gasteiger charge is 2.13. The number of H-pyrrole nitrogens is 1. The Hall–Kier alpha value is -1.54. The number of hydrogen-bond acceptors (Lipinski definition) is 0. The number of rotatable bonds is 1. The van der Waals surface area contributed by atoms with Crippen LogP contribution in [0.3, 0.4) is 0 Å². The second-order valence-electron chi connectivity index (χ2n) is 6.21. The smallest absolute Gasteiger partial charge is 0.0603 e. The third-order valence-electron chi connectivity index (χ3n) is 3.67. The predicted molar refractivity (Wildman–Crippen MR) is 90.1 cm³/mol. The van der Waals surface area contributed by atoms with Crippen molar-refractivity contribution < 1.29 is 0 Å². The van der Waals surface area contributed by atoms with Crippen LogP contribution in [0.4, 0.5) is 0 Å². The monoisotopic (exact) mass is 327 g/mol. The van der Waals surface area contributed by atoms with Gasteiger partial charge in [-0.1, -0.05) is 57.2 Å². The van der Waals surface area contributed by atoms with Crippen LogP contribution in [0.2, 0.25) is 0 Å². The van der Waals surface area contributed by atoms with E-state index in [1.54, 1.807) is 0 Å². The molecular formula is C18H18BrN. The van der Waals surface area contributed by atoms with Crippen LogP contribution in [-0.2, 0) is 5.41 Å². The highest BCUT2D eigenvalue weighted by Crippen LogP contribution is 2.30. The zero-order valence-corrected chi connectivity index (χ0v) is 13.6. The average molecular weight is 328 g/mol. The normalized spacial score (nSPS) is 12.0. The van der Waals surface area contributed by atoms with Gasteiger partial charge in [0, 0.05) is 15.6 Å². The fourth-order valence-corrected chi connectivity index (χ4v) is 2.91. The van der Waals surface area contributed by atoms with E-state index in [4.69, 9.17) is 0 Å². The van der Waals surface area contributed by atoms with Gasteiger partial charge in [-0.2, -0.15) is 0 Å². The van der Waals surface area contributed by atoms with Crippen LogP contribution in [0.1, 0.15) is 26.3 Å². The minimum absolute atomic E-state index is 0.196. The molecule has 0 amide bonds. The quantitative estimate of drug-likeness (QED) is 0.573. The maximum Gasteiger partial charge on any atom is 0.0603 e. The number of benzene rings is 2. The first-order valence-electron chi connectivity index (χ1n) is 6.83. The van der Waals surface area contributed by atoms with Gasteiger partial charge < -0.3 is 4.98 Å². The number of nitrogens with one attached hydrogen (secondary N) is 1. The molecule has 0 aliphatic carbocycles. The molecule has 0 aliphatic heterocycles. The summed E-state index contributed by atoms with van der Waals surface area (Å²) in [5.41, 5.74) is 5.09.